The molecule has 3 nitrogen and oxygen atoms in total. The minimum absolute atomic E-state index is 0.0293. The highest BCUT2D eigenvalue weighted by Gasteiger charge is 2.74. The lowest BCUT2D eigenvalue weighted by molar-refractivity contribution is -0.174. The molecule has 0 heterocycles. The Morgan fingerprint density at radius 2 is 2.00 bits per heavy atom. The first-order chi connectivity index (χ1) is 6.76. The van der Waals surface area contributed by atoms with E-state index in [9.17, 15) is 22.8 Å². The molecular formula is C9H11F3O3. The number of hydrogen-bond donors (Lipinski definition) is 0. The van der Waals surface area contributed by atoms with Crippen molar-refractivity contribution in [3.8, 4) is 0 Å². The zero-order valence-corrected chi connectivity index (χ0v) is 8.35. The first kappa shape index (κ1) is 12.0. The molecule has 0 aliphatic heterocycles. The van der Waals surface area contributed by atoms with E-state index in [1.807, 2.05) is 0 Å². The number of carbonyl (C=O) groups is 2. The number of ketones is 1. The summed E-state index contributed by atoms with van der Waals surface area (Å²) in [5.74, 6) is -3.70. The first-order valence-electron chi connectivity index (χ1n) is 4.51. The molecular weight excluding hydrogens is 213 g/mol. The van der Waals surface area contributed by atoms with Crippen molar-refractivity contribution in [1.29, 1.82) is 0 Å². The Morgan fingerprint density at radius 3 is 2.27 bits per heavy atom. The van der Waals surface area contributed by atoms with E-state index in [2.05, 4.69) is 4.74 Å². The fraction of sp³-hybridized carbons (Fsp3) is 0.778. The third kappa shape index (κ3) is 1.85. The largest absolute Gasteiger partial charge is 0.465 e. The van der Waals surface area contributed by atoms with Crippen molar-refractivity contribution in [3.63, 3.8) is 0 Å². The van der Waals surface area contributed by atoms with Crippen LogP contribution in [0.3, 0.4) is 0 Å². The van der Waals surface area contributed by atoms with Crippen LogP contribution in [0.2, 0.25) is 0 Å². The molecule has 0 spiro atoms. The zero-order chi connectivity index (χ0) is 11.9. The Hall–Kier alpha value is -1.07. The molecule has 2 unspecified atom stereocenters. The summed E-state index contributed by atoms with van der Waals surface area (Å²) >= 11 is 0. The number of esters is 1. The third-order valence-corrected chi connectivity index (χ3v) is 2.62. The summed E-state index contributed by atoms with van der Waals surface area (Å²) in [6.45, 7) is 2.44. The minimum Gasteiger partial charge on any atom is -0.465 e. The molecule has 0 aromatic rings. The normalized spacial score (nSPS) is 29.8. The van der Waals surface area contributed by atoms with Gasteiger partial charge in [-0.25, -0.2) is 0 Å². The number of carbonyl (C=O) groups excluding carboxylic acids is 2. The van der Waals surface area contributed by atoms with Gasteiger partial charge in [-0.1, -0.05) is 0 Å². The van der Waals surface area contributed by atoms with Gasteiger partial charge in [0.25, 0.3) is 0 Å². The highest BCUT2D eigenvalue weighted by atomic mass is 19.4. The lowest BCUT2D eigenvalue weighted by Crippen LogP contribution is -2.32. The number of rotatable bonds is 3. The van der Waals surface area contributed by atoms with Gasteiger partial charge in [0.15, 0.2) is 0 Å². The van der Waals surface area contributed by atoms with E-state index in [0.717, 1.165) is 6.92 Å². The maximum absolute atomic E-state index is 12.3. The quantitative estimate of drug-likeness (QED) is 0.541. The van der Waals surface area contributed by atoms with E-state index in [-0.39, 0.29) is 6.61 Å². The van der Waals surface area contributed by atoms with Gasteiger partial charge >= 0.3 is 12.1 Å². The number of Topliss-reactive ketones (excluding diaryl/α,β-unsaturated/α-hetero) is 1. The van der Waals surface area contributed by atoms with Gasteiger partial charge in [0.2, 0.25) is 0 Å². The van der Waals surface area contributed by atoms with E-state index in [1.54, 1.807) is 0 Å². The Balaban J connectivity index is 2.88. The smallest absolute Gasteiger partial charge is 0.393 e. The van der Waals surface area contributed by atoms with Gasteiger partial charge in [-0.05, 0) is 20.3 Å². The molecule has 0 amide bonds. The fourth-order valence-corrected chi connectivity index (χ4v) is 1.68. The third-order valence-electron chi connectivity index (χ3n) is 2.62. The number of ether oxygens (including phenoxy) is 1. The van der Waals surface area contributed by atoms with Crippen LogP contribution in [-0.2, 0) is 14.3 Å². The number of hydrogen-bond acceptors (Lipinski definition) is 3. The lowest BCUT2D eigenvalue weighted by Gasteiger charge is -2.13. The highest BCUT2D eigenvalue weighted by Crippen LogP contribution is 2.61. The summed E-state index contributed by atoms with van der Waals surface area (Å²) in [6.07, 6.45) is -5.00. The molecule has 1 fully saturated rings. The maximum Gasteiger partial charge on any atom is 0.393 e. The van der Waals surface area contributed by atoms with Crippen LogP contribution in [0.25, 0.3) is 0 Å². The molecule has 1 aliphatic rings. The van der Waals surface area contributed by atoms with Crippen LogP contribution < -0.4 is 0 Å². The van der Waals surface area contributed by atoms with Crippen molar-refractivity contribution in [3.05, 3.63) is 0 Å². The monoisotopic (exact) mass is 224 g/mol. The predicted octanol–water partition coefficient (Wildman–Crippen LogP) is 1.71. The summed E-state index contributed by atoms with van der Waals surface area (Å²) in [5, 5.41) is 0. The van der Waals surface area contributed by atoms with Crippen LogP contribution in [0.5, 0.6) is 0 Å². The van der Waals surface area contributed by atoms with E-state index in [4.69, 9.17) is 0 Å². The van der Waals surface area contributed by atoms with Crippen LogP contribution in [0.15, 0.2) is 0 Å². The molecule has 0 bridgehead atoms. The van der Waals surface area contributed by atoms with Crippen molar-refractivity contribution in [2.24, 2.45) is 11.3 Å². The van der Waals surface area contributed by atoms with Crippen molar-refractivity contribution in [2.45, 2.75) is 26.4 Å². The molecule has 0 aromatic heterocycles. The summed E-state index contributed by atoms with van der Waals surface area (Å²) in [4.78, 5) is 22.4. The second-order valence-corrected chi connectivity index (χ2v) is 3.55. The average Bonchev–Trinajstić information content (AvgIpc) is 2.78. The van der Waals surface area contributed by atoms with Crippen molar-refractivity contribution in [2.75, 3.05) is 6.61 Å². The molecule has 2 atom stereocenters. The molecule has 0 aromatic carbocycles. The summed E-state index contributed by atoms with van der Waals surface area (Å²) in [7, 11) is 0. The Morgan fingerprint density at radius 1 is 1.47 bits per heavy atom. The average molecular weight is 224 g/mol. The second-order valence-electron chi connectivity index (χ2n) is 3.55. The van der Waals surface area contributed by atoms with Crippen LogP contribution in [0.4, 0.5) is 13.2 Å². The number of alkyl halides is 3. The molecule has 0 N–H and O–H groups in total. The van der Waals surface area contributed by atoms with Gasteiger partial charge in [-0.3, -0.25) is 9.59 Å². The maximum atomic E-state index is 12.3. The Bertz CT molecular complexity index is 297. The van der Waals surface area contributed by atoms with Gasteiger partial charge in [0.05, 0.1) is 12.5 Å². The molecule has 0 saturated heterocycles. The molecule has 15 heavy (non-hydrogen) atoms. The number of halogens is 3. The van der Waals surface area contributed by atoms with Gasteiger partial charge < -0.3 is 4.74 Å². The van der Waals surface area contributed by atoms with Crippen LogP contribution in [0.1, 0.15) is 20.3 Å². The van der Waals surface area contributed by atoms with Crippen LogP contribution in [-0.4, -0.2) is 24.5 Å². The molecule has 1 aliphatic carbocycles. The molecule has 1 saturated carbocycles. The molecule has 6 heteroatoms. The first-order valence-corrected chi connectivity index (χ1v) is 4.51. The van der Waals surface area contributed by atoms with Crippen LogP contribution >= 0.6 is 0 Å². The summed E-state index contributed by atoms with van der Waals surface area (Å²) in [6, 6.07) is 0. The van der Waals surface area contributed by atoms with Crippen molar-refractivity contribution < 1.29 is 27.5 Å². The fourth-order valence-electron chi connectivity index (χ4n) is 1.68. The topological polar surface area (TPSA) is 43.4 Å². The highest BCUT2D eigenvalue weighted by molar-refractivity contribution is 6.06. The van der Waals surface area contributed by atoms with E-state index in [1.165, 1.54) is 6.92 Å². The van der Waals surface area contributed by atoms with Crippen molar-refractivity contribution >= 4 is 11.8 Å². The summed E-state index contributed by atoms with van der Waals surface area (Å²) in [5.41, 5.74) is -1.96. The summed E-state index contributed by atoms with van der Waals surface area (Å²) < 4.78 is 41.5. The van der Waals surface area contributed by atoms with Crippen LogP contribution in [0, 0.1) is 11.3 Å². The van der Waals surface area contributed by atoms with Crippen molar-refractivity contribution in [1.82, 2.24) is 0 Å². The standard InChI is InChI=1S/C9H11F3O3/c1-3-15-7(14)8(5(2)13)4-6(8)9(10,11)12/h6H,3-4H2,1-2H3. The SMILES string of the molecule is CCOC(=O)C1(C(C)=O)CC1C(F)(F)F. The van der Waals surface area contributed by atoms with E-state index < -0.39 is 35.7 Å². The molecule has 0 radical (unpaired) electrons. The van der Waals surface area contributed by atoms with E-state index in [0.29, 0.717) is 0 Å². The van der Waals surface area contributed by atoms with Gasteiger partial charge in [0, 0.05) is 0 Å². The second kappa shape index (κ2) is 3.50. The minimum atomic E-state index is -4.52. The Kier molecular flexibility index (Phi) is 2.80. The Labute approximate surface area is 84.6 Å². The molecule has 1 rings (SSSR count). The zero-order valence-electron chi connectivity index (χ0n) is 8.35. The van der Waals surface area contributed by atoms with Gasteiger partial charge in [-0.15, -0.1) is 0 Å². The van der Waals surface area contributed by atoms with Gasteiger partial charge in [-0.2, -0.15) is 13.2 Å². The van der Waals surface area contributed by atoms with E-state index >= 15 is 0 Å². The predicted molar refractivity (Wildman–Crippen MR) is 43.9 cm³/mol. The molecule has 86 valence electrons. The van der Waals surface area contributed by atoms with Gasteiger partial charge in [0.1, 0.15) is 11.2 Å². The lowest BCUT2D eigenvalue weighted by atomic mass is 9.99.